The number of hydrogen-bond donors (Lipinski definition) is 0. The first-order valence-corrected chi connectivity index (χ1v) is 11.3. The summed E-state index contributed by atoms with van der Waals surface area (Å²) in [5, 5.41) is 2.68. The smallest absolute Gasteiger partial charge is 0.00358 e. The molecule has 32 heavy (non-hydrogen) atoms. The largest absolute Gasteiger partial charge is 0.0801 e. The highest BCUT2D eigenvalue weighted by Gasteiger charge is 2.20. The molecule has 4 aromatic carbocycles. The second kappa shape index (κ2) is 7.66. The summed E-state index contributed by atoms with van der Waals surface area (Å²) in [4.78, 5) is 0. The van der Waals surface area contributed by atoms with E-state index < -0.39 is 0 Å². The third-order valence-corrected chi connectivity index (χ3v) is 6.66. The van der Waals surface area contributed by atoms with Gasteiger partial charge in [0.05, 0.1) is 0 Å². The van der Waals surface area contributed by atoms with Crippen LogP contribution in [-0.2, 0) is 0 Å². The van der Waals surface area contributed by atoms with Gasteiger partial charge >= 0.3 is 0 Å². The van der Waals surface area contributed by atoms with E-state index in [1.807, 2.05) is 0 Å². The zero-order chi connectivity index (χ0) is 21.5. The molecule has 0 amide bonds. The number of fused-ring (bicyclic) bond motifs is 3. The molecule has 0 atom stereocenters. The van der Waals surface area contributed by atoms with Gasteiger partial charge in [-0.3, -0.25) is 0 Å². The molecule has 2 aliphatic carbocycles. The molecule has 0 radical (unpaired) electrons. The maximum Gasteiger partial charge on any atom is -0.00358 e. The van der Waals surface area contributed by atoms with E-state index in [4.69, 9.17) is 0 Å². The minimum atomic E-state index is 0.993. The Morgan fingerprint density at radius 1 is 0.719 bits per heavy atom. The van der Waals surface area contributed by atoms with Gasteiger partial charge in [0.15, 0.2) is 0 Å². The van der Waals surface area contributed by atoms with Crippen molar-refractivity contribution in [1.82, 2.24) is 0 Å². The fourth-order valence-electron chi connectivity index (χ4n) is 5.19. The molecular weight excluding hydrogens is 384 g/mol. The molecule has 0 heteroatoms. The lowest BCUT2D eigenvalue weighted by molar-refractivity contribution is 1.30. The Balaban J connectivity index is 1.79. The van der Waals surface area contributed by atoms with E-state index in [-0.39, 0.29) is 0 Å². The lowest BCUT2D eigenvalue weighted by Crippen LogP contribution is -2.23. The zero-order valence-corrected chi connectivity index (χ0v) is 18.2. The van der Waals surface area contributed by atoms with Gasteiger partial charge in [-0.25, -0.2) is 0 Å². The fraction of sp³-hybridized carbons (Fsp3) is 0.0625. The Morgan fingerprint density at radius 2 is 1.38 bits per heavy atom. The van der Waals surface area contributed by atoms with Crippen LogP contribution in [0.1, 0.15) is 34.2 Å². The van der Waals surface area contributed by atoms with Crippen molar-refractivity contribution in [3.63, 3.8) is 0 Å². The molecule has 0 fully saturated rings. The highest BCUT2D eigenvalue weighted by atomic mass is 14.2. The highest BCUT2D eigenvalue weighted by Crippen LogP contribution is 2.32. The zero-order valence-electron chi connectivity index (χ0n) is 18.2. The van der Waals surface area contributed by atoms with Gasteiger partial charge in [-0.2, -0.15) is 0 Å². The molecule has 0 saturated heterocycles. The van der Waals surface area contributed by atoms with Crippen LogP contribution in [0.3, 0.4) is 0 Å². The predicted octanol–water partition coefficient (Wildman–Crippen LogP) is 6.39. The summed E-state index contributed by atoms with van der Waals surface area (Å²) < 4.78 is 0. The Labute approximate surface area is 189 Å². The normalized spacial score (nSPS) is 13.3. The van der Waals surface area contributed by atoms with Crippen LogP contribution in [0, 0.1) is 6.92 Å². The van der Waals surface area contributed by atoms with Crippen LogP contribution in [0.25, 0.3) is 28.3 Å². The van der Waals surface area contributed by atoms with Crippen LogP contribution in [-0.4, -0.2) is 0 Å². The maximum absolute atomic E-state index is 2.43. The molecule has 0 unspecified atom stereocenters. The van der Waals surface area contributed by atoms with E-state index in [2.05, 4.69) is 122 Å². The number of hydrogen-bond acceptors (Lipinski definition) is 0. The molecule has 0 saturated carbocycles. The van der Waals surface area contributed by atoms with Crippen LogP contribution in [0.5, 0.6) is 0 Å². The van der Waals surface area contributed by atoms with Crippen LogP contribution in [0.2, 0.25) is 0 Å². The molecule has 0 bridgehead atoms. The number of allylic oxidation sites excluding steroid dienone is 4. The summed E-state index contributed by atoms with van der Waals surface area (Å²) >= 11 is 0. The van der Waals surface area contributed by atoms with E-state index >= 15 is 0 Å². The van der Waals surface area contributed by atoms with Crippen LogP contribution >= 0.6 is 0 Å². The maximum atomic E-state index is 2.43. The van der Waals surface area contributed by atoms with Crippen molar-refractivity contribution < 1.29 is 0 Å². The summed E-state index contributed by atoms with van der Waals surface area (Å²) in [6, 6.07) is 32.8. The lowest BCUT2D eigenvalue weighted by Gasteiger charge is -2.16. The number of rotatable bonds is 3. The van der Waals surface area contributed by atoms with Crippen LogP contribution in [0.15, 0.2) is 109 Å². The number of benzene rings is 4. The predicted molar refractivity (Wildman–Crippen MR) is 136 cm³/mol. The van der Waals surface area contributed by atoms with Crippen molar-refractivity contribution in [2.24, 2.45) is 0 Å². The molecular formula is C32H24. The molecule has 6 rings (SSSR count). The summed E-state index contributed by atoms with van der Waals surface area (Å²) in [6.07, 6.45) is 10.1. The lowest BCUT2D eigenvalue weighted by atomic mass is 9.87. The Bertz CT molecular complexity index is 1470. The van der Waals surface area contributed by atoms with Gasteiger partial charge in [-0.05, 0) is 86.0 Å². The van der Waals surface area contributed by atoms with Crippen molar-refractivity contribution in [2.45, 2.75) is 13.3 Å². The van der Waals surface area contributed by atoms with Gasteiger partial charge in [0, 0.05) is 0 Å². The molecule has 0 aliphatic heterocycles. The highest BCUT2D eigenvalue weighted by molar-refractivity contribution is 5.90. The Kier molecular flexibility index (Phi) is 4.51. The second-order valence-corrected chi connectivity index (χ2v) is 8.55. The molecule has 4 aromatic rings. The average molecular weight is 409 g/mol. The van der Waals surface area contributed by atoms with Gasteiger partial charge in [0.2, 0.25) is 0 Å². The minimum absolute atomic E-state index is 0.993. The Hall–Kier alpha value is -3.90. The van der Waals surface area contributed by atoms with Gasteiger partial charge in [0.1, 0.15) is 0 Å². The van der Waals surface area contributed by atoms with Crippen molar-refractivity contribution in [1.29, 1.82) is 0 Å². The molecule has 0 heterocycles. The van der Waals surface area contributed by atoms with E-state index in [0.717, 1.165) is 6.42 Å². The summed E-state index contributed by atoms with van der Waals surface area (Å²) in [5.74, 6) is 0. The van der Waals surface area contributed by atoms with Gasteiger partial charge < -0.3 is 0 Å². The molecule has 0 nitrogen and oxygen atoms in total. The summed E-state index contributed by atoms with van der Waals surface area (Å²) in [5.41, 5.74) is 11.9. The molecule has 0 spiro atoms. The molecule has 0 N–H and O–H groups in total. The first kappa shape index (κ1) is 18.8. The van der Waals surface area contributed by atoms with E-state index in [1.54, 1.807) is 0 Å². The quantitative estimate of drug-likeness (QED) is 0.324. The van der Waals surface area contributed by atoms with E-state index in [0.29, 0.717) is 0 Å². The van der Waals surface area contributed by atoms with Crippen molar-refractivity contribution >= 4 is 17.2 Å². The second-order valence-electron chi connectivity index (χ2n) is 8.55. The summed E-state index contributed by atoms with van der Waals surface area (Å²) in [6.45, 7) is 2.30. The molecule has 0 aromatic heterocycles. The summed E-state index contributed by atoms with van der Waals surface area (Å²) in [7, 11) is 0. The first-order chi connectivity index (χ1) is 15.8. The van der Waals surface area contributed by atoms with Crippen molar-refractivity contribution in [3.8, 4) is 11.1 Å². The van der Waals surface area contributed by atoms with Gasteiger partial charge in [0.25, 0.3) is 0 Å². The minimum Gasteiger partial charge on any atom is -0.0801 e. The van der Waals surface area contributed by atoms with Gasteiger partial charge in [-0.15, -0.1) is 0 Å². The van der Waals surface area contributed by atoms with Gasteiger partial charge in [-0.1, -0.05) is 103 Å². The Morgan fingerprint density at radius 3 is 2.03 bits per heavy atom. The SMILES string of the molecule is Cc1c(C2=CC=CC2)c2c(cc1=C(c1ccccc1)c1ccccc1)-c1ccccc1C=2. The van der Waals surface area contributed by atoms with Crippen molar-refractivity contribution in [3.05, 3.63) is 147 Å². The fourth-order valence-corrected chi connectivity index (χ4v) is 5.19. The standard InChI is InChI=1S/C32H24/c1-22-28(32(24-12-4-2-5-13-24)25-14-6-3-7-15-25)21-29-27-19-11-10-18-26(27)20-30(29)31(22)23-16-8-9-17-23/h2-16,18-21H,17H2,1H3. The third-order valence-electron chi connectivity index (χ3n) is 6.66. The molecule has 2 aliphatic rings. The van der Waals surface area contributed by atoms with E-state index in [9.17, 15) is 0 Å². The van der Waals surface area contributed by atoms with E-state index in [1.165, 1.54) is 60.5 Å². The first-order valence-electron chi connectivity index (χ1n) is 11.3. The third kappa shape index (κ3) is 2.99. The van der Waals surface area contributed by atoms with Crippen molar-refractivity contribution in [2.75, 3.05) is 0 Å². The topological polar surface area (TPSA) is 0 Å². The van der Waals surface area contributed by atoms with Crippen LogP contribution < -0.4 is 10.4 Å². The molecule has 152 valence electrons. The monoisotopic (exact) mass is 408 g/mol. The average Bonchev–Trinajstić information content (AvgIpc) is 3.49. The van der Waals surface area contributed by atoms with Crippen LogP contribution in [0.4, 0.5) is 0 Å².